The molecule has 0 atom stereocenters. The largest absolute Gasteiger partial charge is 0.347 e. The van der Waals surface area contributed by atoms with E-state index >= 15 is 0 Å². The summed E-state index contributed by atoms with van der Waals surface area (Å²) in [5.74, 6) is 0. The van der Waals surface area contributed by atoms with Crippen LogP contribution in [0.5, 0.6) is 0 Å². The van der Waals surface area contributed by atoms with Gasteiger partial charge < -0.3 is 9.80 Å². The van der Waals surface area contributed by atoms with Crippen molar-refractivity contribution in [3.63, 3.8) is 0 Å². The van der Waals surface area contributed by atoms with Crippen LogP contribution in [0.2, 0.25) is 0 Å². The normalized spacial score (nSPS) is 16.1. The molecule has 0 radical (unpaired) electrons. The molecule has 7 heteroatoms. The van der Waals surface area contributed by atoms with Gasteiger partial charge in [-0.25, -0.2) is 4.98 Å². The van der Waals surface area contributed by atoms with Gasteiger partial charge in [0.05, 0.1) is 10.6 Å². The second-order valence-corrected chi connectivity index (χ2v) is 6.96. The summed E-state index contributed by atoms with van der Waals surface area (Å²) in [6.07, 6.45) is 2.06. The van der Waals surface area contributed by atoms with Gasteiger partial charge in [-0.15, -0.1) is 11.3 Å². The maximum atomic E-state index is 10.7. The van der Waals surface area contributed by atoms with E-state index in [2.05, 4.69) is 20.2 Å². The van der Waals surface area contributed by atoms with Gasteiger partial charge in [0.25, 0.3) is 5.69 Å². The molecule has 3 rings (SSSR count). The predicted molar refractivity (Wildman–Crippen MR) is 96.9 cm³/mol. The van der Waals surface area contributed by atoms with E-state index < -0.39 is 0 Å². The predicted octanol–water partition coefficient (Wildman–Crippen LogP) is 3.11. The molecule has 2 heterocycles. The Hall–Kier alpha value is -1.99. The van der Waals surface area contributed by atoms with E-state index in [9.17, 15) is 10.1 Å². The molecule has 2 aromatic rings. The Kier molecular flexibility index (Phi) is 5.42. The number of thiazole rings is 1. The first-order chi connectivity index (χ1) is 11.6. The van der Waals surface area contributed by atoms with Gasteiger partial charge in [-0.2, -0.15) is 0 Å². The molecule has 0 aliphatic carbocycles. The number of benzene rings is 1. The van der Waals surface area contributed by atoms with E-state index in [1.54, 1.807) is 23.5 Å². The lowest BCUT2D eigenvalue weighted by atomic mass is 10.1. The van der Waals surface area contributed by atoms with E-state index in [0.29, 0.717) is 0 Å². The van der Waals surface area contributed by atoms with Gasteiger partial charge in [0.1, 0.15) is 0 Å². The zero-order valence-corrected chi connectivity index (χ0v) is 14.7. The molecule has 1 saturated heterocycles. The van der Waals surface area contributed by atoms with Gasteiger partial charge in [-0.3, -0.25) is 10.1 Å². The fourth-order valence-electron chi connectivity index (χ4n) is 2.94. The van der Waals surface area contributed by atoms with Crippen molar-refractivity contribution in [2.24, 2.45) is 0 Å². The molecule has 0 N–H and O–H groups in total. The molecule has 1 aromatic heterocycles. The molecule has 1 fully saturated rings. The minimum absolute atomic E-state index is 0.155. The Balaban J connectivity index is 1.50. The monoisotopic (exact) mass is 346 g/mol. The first-order valence-electron chi connectivity index (χ1n) is 8.24. The second-order valence-electron chi connectivity index (χ2n) is 6.13. The van der Waals surface area contributed by atoms with E-state index in [4.69, 9.17) is 0 Å². The summed E-state index contributed by atoms with van der Waals surface area (Å²) < 4.78 is 0. The highest BCUT2D eigenvalue weighted by molar-refractivity contribution is 7.13. The Labute approximate surface area is 145 Å². The first-order valence-corrected chi connectivity index (χ1v) is 9.12. The van der Waals surface area contributed by atoms with Gasteiger partial charge in [0.15, 0.2) is 5.13 Å². The van der Waals surface area contributed by atoms with Gasteiger partial charge in [-0.05, 0) is 31.9 Å². The summed E-state index contributed by atoms with van der Waals surface area (Å²) in [4.78, 5) is 19.8. The number of hydrogen-bond donors (Lipinski definition) is 0. The number of rotatable bonds is 5. The standard InChI is InChI=1S/C17H22N4O2S/c1-14-13-24-17(18-14)20-9-2-8-19(11-12-20)10-7-15-3-5-16(6-4-15)21(22)23/h3-6,13H,2,7-12H2,1H3. The topological polar surface area (TPSA) is 62.5 Å². The molecule has 24 heavy (non-hydrogen) atoms. The van der Waals surface area contributed by atoms with Crippen LogP contribution in [0.15, 0.2) is 29.6 Å². The van der Waals surface area contributed by atoms with Crippen LogP contribution in [0.25, 0.3) is 0 Å². The third-order valence-corrected chi connectivity index (χ3v) is 5.35. The van der Waals surface area contributed by atoms with Crippen molar-refractivity contribution in [3.05, 3.63) is 51.0 Å². The maximum Gasteiger partial charge on any atom is 0.269 e. The molecular weight excluding hydrogens is 324 g/mol. The lowest BCUT2D eigenvalue weighted by Crippen LogP contribution is -2.32. The number of nitro groups is 1. The quantitative estimate of drug-likeness (QED) is 0.615. The molecule has 1 aliphatic heterocycles. The lowest BCUT2D eigenvalue weighted by Gasteiger charge is -2.21. The Morgan fingerprint density at radius 2 is 2.00 bits per heavy atom. The molecule has 0 amide bonds. The molecule has 1 aliphatic rings. The van der Waals surface area contributed by atoms with Gasteiger partial charge >= 0.3 is 0 Å². The maximum absolute atomic E-state index is 10.7. The van der Waals surface area contributed by atoms with Crippen LogP contribution in [0, 0.1) is 17.0 Å². The fraction of sp³-hybridized carbons (Fsp3) is 0.471. The van der Waals surface area contributed by atoms with Crippen LogP contribution in [-0.4, -0.2) is 47.5 Å². The van der Waals surface area contributed by atoms with E-state index in [1.165, 1.54) is 0 Å². The highest BCUT2D eigenvalue weighted by atomic mass is 32.1. The molecule has 128 valence electrons. The number of anilines is 1. The summed E-state index contributed by atoms with van der Waals surface area (Å²) in [5, 5.41) is 13.9. The van der Waals surface area contributed by atoms with Gasteiger partial charge in [0.2, 0.25) is 0 Å². The van der Waals surface area contributed by atoms with Crippen LogP contribution < -0.4 is 4.90 Å². The number of aryl methyl sites for hydroxylation is 1. The van der Waals surface area contributed by atoms with Crippen LogP contribution in [-0.2, 0) is 6.42 Å². The van der Waals surface area contributed by atoms with Gasteiger partial charge in [-0.1, -0.05) is 12.1 Å². The van der Waals surface area contributed by atoms with Crippen molar-refractivity contribution in [2.45, 2.75) is 19.8 Å². The lowest BCUT2D eigenvalue weighted by molar-refractivity contribution is -0.384. The number of non-ortho nitro benzene ring substituents is 1. The van der Waals surface area contributed by atoms with Crippen LogP contribution >= 0.6 is 11.3 Å². The Morgan fingerprint density at radius 1 is 1.21 bits per heavy atom. The van der Waals surface area contributed by atoms with Crippen molar-refractivity contribution in [2.75, 3.05) is 37.6 Å². The summed E-state index contributed by atoms with van der Waals surface area (Å²) in [6, 6.07) is 6.90. The van der Waals surface area contributed by atoms with Crippen molar-refractivity contribution in [1.29, 1.82) is 0 Å². The molecule has 0 unspecified atom stereocenters. The average molecular weight is 346 g/mol. The Morgan fingerprint density at radius 3 is 2.67 bits per heavy atom. The highest BCUT2D eigenvalue weighted by Crippen LogP contribution is 2.21. The third kappa shape index (κ3) is 4.30. The van der Waals surface area contributed by atoms with E-state index in [0.717, 1.165) is 62.0 Å². The fourth-order valence-corrected chi connectivity index (χ4v) is 3.80. The molecule has 6 nitrogen and oxygen atoms in total. The second kappa shape index (κ2) is 7.72. The van der Waals surface area contributed by atoms with Gasteiger partial charge in [0, 0.05) is 43.7 Å². The SMILES string of the molecule is Cc1csc(N2CCCN(CCc3ccc([N+](=O)[O-])cc3)CC2)n1. The van der Waals surface area contributed by atoms with Crippen molar-refractivity contribution in [3.8, 4) is 0 Å². The summed E-state index contributed by atoms with van der Waals surface area (Å²) in [7, 11) is 0. The van der Waals surface area contributed by atoms with Crippen molar-refractivity contribution in [1.82, 2.24) is 9.88 Å². The zero-order valence-electron chi connectivity index (χ0n) is 13.9. The molecule has 0 saturated carbocycles. The van der Waals surface area contributed by atoms with Crippen LogP contribution in [0.4, 0.5) is 10.8 Å². The van der Waals surface area contributed by atoms with Crippen LogP contribution in [0.3, 0.4) is 0 Å². The number of nitro benzene ring substituents is 1. The summed E-state index contributed by atoms with van der Waals surface area (Å²) >= 11 is 1.72. The molecule has 0 spiro atoms. The average Bonchev–Trinajstić information content (AvgIpc) is 2.87. The third-order valence-electron chi connectivity index (χ3n) is 4.33. The number of nitrogens with zero attached hydrogens (tertiary/aromatic N) is 4. The minimum Gasteiger partial charge on any atom is -0.347 e. The minimum atomic E-state index is -0.354. The molecule has 0 bridgehead atoms. The van der Waals surface area contributed by atoms with Crippen molar-refractivity contribution < 1.29 is 4.92 Å². The summed E-state index contributed by atoms with van der Waals surface area (Å²) in [6.45, 7) is 7.21. The number of hydrogen-bond acceptors (Lipinski definition) is 6. The zero-order chi connectivity index (χ0) is 16.9. The Bertz CT molecular complexity index is 686. The molecule has 1 aromatic carbocycles. The van der Waals surface area contributed by atoms with Crippen LogP contribution in [0.1, 0.15) is 17.7 Å². The van der Waals surface area contributed by atoms with E-state index in [-0.39, 0.29) is 10.6 Å². The highest BCUT2D eigenvalue weighted by Gasteiger charge is 2.17. The molecular formula is C17H22N4O2S. The smallest absolute Gasteiger partial charge is 0.269 e. The summed E-state index contributed by atoms with van der Waals surface area (Å²) in [5.41, 5.74) is 2.40. The van der Waals surface area contributed by atoms with Crippen molar-refractivity contribution >= 4 is 22.2 Å². The number of aromatic nitrogens is 1. The van der Waals surface area contributed by atoms with E-state index in [1.807, 2.05) is 19.1 Å². The first kappa shape index (κ1) is 16.9.